The number of carbonyl (C=O) groups is 1. The first kappa shape index (κ1) is 21.4. The first-order chi connectivity index (χ1) is 15.6. The Morgan fingerprint density at radius 1 is 1.19 bits per heavy atom. The van der Waals surface area contributed by atoms with E-state index in [9.17, 15) is 9.18 Å². The van der Waals surface area contributed by atoms with Gasteiger partial charge in [0.15, 0.2) is 23.1 Å². The third-order valence-corrected chi connectivity index (χ3v) is 4.91. The van der Waals surface area contributed by atoms with Gasteiger partial charge in [-0.2, -0.15) is 4.98 Å². The Hall–Kier alpha value is -3.86. The Bertz CT molecular complexity index is 1110. The number of aromatic nitrogens is 4. The Balaban J connectivity index is 1.67. The number of methoxy groups -OCH3 is 1. The molecule has 1 saturated heterocycles. The molecule has 1 fully saturated rings. The molecule has 0 unspecified atom stereocenters. The summed E-state index contributed by atoms with van der Waals surface area (Å²) >= 11 is 0. The molecular formula is C21H22FN7O3. The van der Waals surface area contributed by atoms with E-state index < -0.39 is 11.7 Å². The van der Waals surface area contributed by atoms with Gasteiger partial charge in [-0.15, -0.1) is 10.2 Å². The van der Waals surface area contributed by atoms with Crippen molar-refractivity contribution >= 4 is 23.5 Å². The fourth-order valence-corrected chi connectivity index (χ4v) is 3.21. The number of benzene rings is 1. The molecule has 32 heavy (non-hydrogen) atoms. The number of halogens is 1. The lowest BCUT2D eigenvalue weighted by Gasteiger charge is -2.26. The molecule has 1 aliphatic rings. The van der Waals surface area contributed by atoms with Crippen molar-refractivity contribution in [2.45, 2.75) is 0 Å². The van der Waals surface area contributed by atoms with Crippen molar-refractivity contribution in [2.24, 2.45) is 0 Å². The Morgan fingerprint density at radius 2 is 1.94 bits per heavy atom. The smallest absolute Gasteiger partial charge is 0.272 e. The van der Waals surface area contributed by atoms with E-state index in [0.29, 0.717) is 43.6 Å². The van der Waals surface area contributed by atoms with Gasteiger partial charge in [0.1, 0.15) is 5.75 Å². The highest BCUT2D eigenvalue weighted by Gasteiger charge is 2.19. The minimum Gasteiger partial charge on any atom is -0.497 e. The first-order valence-corrected chi connectivity index (χ1v) is 9.95. The van der Waals surface area contributed by atoms with Crippen LogP contribution in [0.2, 0.25) is 0 Å². The maximum Gasteiger partial charge on any atom is 0.272 e. The van der Waals surface area contributed by atoms with Crippen molar-refractivity contribution in [1.82, 2.24) is 25.5 Å². The molecule has 0 aliphatic carbocycles. The van der Waals surface area contributed by atoms with E-state index in [-0.39, 0.29) is 17.3 Å². The average Bonchev–Trinajstić information content (AvgIpc) is 2.85. The molecule has 2 N–H and O–H groups in total. The molecule has 1 amide bonds. The van der Waals surface area contributed by atoms with E-state index in [0.717, 1.165) is 11.8 Å². The van der Waals surface area contributed by atoms with Crippen molar-refractivity contribution in [2.75, 3.05) is 50.7 Å². The molecule has 0 atom stereocenters. The monoisotopic (exact) mass is 439 g/mol. The summed E-state index contributed by atoms with van der Waals surface area (Å²) in [6, 6.07) is 8.77. The fourth-order valence-electron chi connectivity index (χ4n) is 3.21. The molecule has 166 valence electrons. The van der Waals surface area contributed by atoms with Crippen LogP contribution in [0.15, 0.2) is 36.5 Å². The van der Waals surface area contributed by atoms with Gasteiger partial charge < -0.3 is 25.0 Å². The predicted molar refractivity (Wildman–Crippen MR) is 116 cm³/mol. The summed E-state index contributed by atoms with van der Waals surface area (Å²) in [6.45, 7) is 2.35. The summed E-state index contributed by atoms with van der Waals surface area (Å²) in [6.07, 6.45) is 1.11. The molecule has 0 radical (unpaired) electrons. The Labute approximate surface area is 183 Å². The van der Waals surface area contributed by atoms with Gasteiger partial charge >= 0.3 is 0 Å². The lowest BCUT2D eigenvalue weighted by Crippen LogP contribution is -2.37. The highest BCUT2D eigenvalue weighted by Crippen LogP contribution is 2.28. The van der Waals surface area contributed by atoms with Crippen LogP contribution in [-0.2, 0) is 4.74 Å². The van der Waals surface area contributed by atoms with Gasteiger partial charge in [-0.05, 0) is 23.8 Å². The summed E-state index contributed by atoms with van der Waals surface area (Å²) in [7, 11) is 3.08. The summed E-state index contributed by atoms with van der Waals surface area (Å²) in [5.41, 5.74) is 1.38. The molecule has 3 aromatic rings. The number of carbonyl (C=O) groups excluding carboxylic acids is 1. The summed E-state index contributed by atoms with van der Waals surface area (Å²) in [5, 5.41) is 13.5. The molecule has 0 bridgehead atoms. The number of morpholine rings is 1. The molecular weight excluding hydrogens is 417 g/mol. The number of amides is 1. The number of anilines is 3. The summed E-state index contributed by atoms with van der Waals surface area (Å²) < 4.78 is 25.0. The first-order valence-electron chi connectivity index (χ1n) is 9.95. The van der Waals surface area contributed by atoms with Crippen LogP contribution in [0, 0.1) is 5.82 Å². The second-order valence-corrected chi connectivity index (χ2v) is 6.89. The summed E-state index contributed by atoms with van der Waals surface area (Å²) in [5.74, 6) is 0.234. The van der Waals surface area contributed by atoms with Crippen molar-refractivity contribution in [3.63, 3.8) is 0 Å². The second kappa shape index (κ2) is 9.52. The lowest BCUT2D eigenvalue weighted by molar-refractivity contribution is 0.0958. The standard InChI is InChI=1S/C21H22FN7O3/c1-23-20(30)18-15(13-3-5-14(31-2)6-4-13)11-17(27-28-18)25-19-16(22)12-24-21(26-19)29-7-9-32-10-8-29/h3-6,11-12H,7-10H2,1-2H3,(H,23,30)(H,24,25,26,27). The zero-order valence-corrected chi connectivity index (χ0v) is 17.6. The van der Waals surface area contributed by atoms with E-state index in [1.165, 1.54) is 7.05 Å². The predicted octanol–water partition coefficient (Wildman–Crippen LogP) is 2.02. The van der Waals surface area contributed by atoms with E-state index in [1.54, 1.807) is 37.4 Å². The number of rotatable bonds is 6. The molecule has 4 rings (SSSR count). The molecule has 3 heterocycles. The van der Waals surface area contributed by atoms with Gasteiger partial charge in [-0.3, -0.25) is 4.79 Å². The van der Waals surface area contributed by atoms with E-state index in [4.69, 9.17) is 9.47 Å². The van der Waals surface area contributed by atoms with Gasteiger partial charge in [-0.1, -0.05) is 12.1 Å². The Kier molecular flexibility index (Phi) is 6.36. The molecule has 10 nitrogen and oxygen atoms in total. The van der Waals surface area contributed by atoms with Crippen molar-refractivity contribution < 1.29 is 18.7 Å². The van der Waals surface area contributed by atoms with Crippen LogP contribution in [-0.4, -0.2) is 66.5 Å². The molecule has 1 aromatic carbocycles. The summed E-state index contributed by atoms with van der Waals surface area (Å²) in [4.78, 5) is 22.6. The topological polar surface area (TPSA) is 114 Å². The molecule has 11 heteroatoms. The number of hydrogen-bond donors (Lipinski definition) is 2. The van der Waals surface area contributed by atoms with Crippen LogP contribution in [0.25, 0.3) is 11.1 Å². The third kappa shape index (κ3) is 4.57. The highest BCUT2D eigenvalue weighted by atomic mass is 19.1. The van der Waals surface area contributed by atoms with Crippen molar-refractivity contribution in [3.05, 3.63) is 48.0 Å². The van der Waals surface area contributed by atoms with Gasteiger partial charge in [0, 0.05) is 25.7 Å². The Morgan fingerprint density at radius 3 is 2.62 bits per heavy atom. The zero-order valence-electron chi connectivity index (χ0n) is 17.6. The van der Waals surface area contributed by atoms with Gasteiger partial charge in [0.25, 0.3) is 5.91 Å². The van der Waals surface area contributed by atoms with Crippen molar-refractivity contribution in [3.8, 4) is 16.9 Å². The average molecular weight is 439 g/mol. The SMILES string of the molecule is CNC(=O)c1nnc(Nc2nc(N3CCOCC3)ncc2F)cc1-c1ccc(OC)cc1. The third-order valence-electron chi connectivity index (χ3n) is 4.91. The molecule has 1 aliphatic heterocycles. The minimum absolute atomic E-state index is 0.0378. The van der Waals surface area contributed by atoms with E-state index in [2.05, 4.69) is 30.8 Å². The van der Waals surface area contributed by atoms with E-state index >= 15 is 0 Å². The van der Waals surface area contributed by atoms with Gasteiger partial charge in [-0.25, -0.2) is 9.37 Å². The number of ether oxygens (including phenoxy) is 2. The van der Waals surface area contributed by atoms with Crippen LogP contribution in [0.5, 0.6) is 5.75 Å². The number of nitrogens with one attached hydrogen (secondary N) is 2. The normalized spacial score (nSPS) is 13.5. The number of hydrogen-bond acceptors (Lipinski definition) is 9. The van der Waals surface area contributed by atoms with Gasteiger partial charge in [0.05, 0.1) is 26.5 Å². The largest absolute Gasteiger partial charge is 0.497 e. The van der Waals surface area contributed by atoms with Gasteiger partial charge in [0.2, 0.25) is 5.95 Å². The maximum absolute atomic E-state index is 14.4. The van der Waals surface area contributed by atoms with E-state index in [1.807, 2.05) is 4.90 Å². The quantitative estimate of drug-likeness (QED) is 0.595. The van der Waals surface area contributed by atoms with Crippen LogP contribution in [0.3, 0.4) is 0 Å². The molecule has 0 spiro atoms. The molecule has 2 aromatic heterocycles. The highest BCUT2D eigenvalue weighted by molar-refractivity contribution is 5.99. The van der Waals surface area contributed by atoms with Crippen molar-refractivity contribution in [1.29, 1.82) is 0 Å². The fraction of sp³-hybridized carbons (Fsp3) is 0.286. The lowest BCUT2D eigenvalue weighted by atomic mass is 10.0. The maximum atomic E-state index is 14.4. The molecule has 0 saturated carbocycles. The van der Waals surface area contributed by atoms with Crippen LogP contribution in [0.1, 0.15) is 10.5 Å². The second-order valence-electron chi connectivity index (χ2n) is 6.89. The van der Waals surface area contributed by atoms with Crippen LogP contribution < -0.4 is 20.3 Å². The van der Waals surface area contributed by atoms with Crippen LogP contribution in [0.4, 0.5) is 22.0 Å². The zero-order chi connectivity index (χ0) is 22.5. The number of nitrogens with zero attached hydrogens (tertiary/aromatic N) is 5. The minimum atomic E-state index is -0.634. The van der Waals surface area contributed by atoms with Crippen LogP contribution >= 0.6 is 0 Å².